The van der Waals surface area contributed by atoms with E-state index in [9.17, 15) is 5.11 Å². The fourth-order valence-corrected chi connectivity index (χ4v) is 2.90. The average molecular weight is 271 g/mol. The average Bonchev–Trinajstić information content (AvgIpc) is 2.91. The zero-order valence-electron chi connectivity index (χ0n) is 12.1. The quantitative estimate of drug-likeness (QED) is 0.738. The standard InChI is InChI=1S/C15H29NO3/c1-12-2-4-15(5-3-12)19-11-14(17)9-16-8-13-6-7-18-10-13/h12-17H,2-11H2,1H3. The van der Waals surface area contributed by atoms with Gasteiger partial charge in [-0.1, -0.05) is 6.92 Å². The first-order valence-corrected chi connectivity index (χ1v) is 7.82. The maximum atomic E-state index is 9.89. The molecule has 1 aliphatic heterocycles. The van der Waals surface area contributed by atoms with Crippen molar-refractivity contribution in [2.45, 2.75) is 51.2 Å². The monoisotopic (exact) mass is 271 g/mol. The first kappa shape index (κ1) is 15.2. The fourth-order valence-electron chi connectivity index (χ4n) is 2.90. The van der Waals surface area contributed by atoms with Gasteiger partial charge < -0.3 is 19.9 Å². The van der Waals surface area contributed by atoms with E-state index in [1.807, 2.05) is 0 Å². The summed E-state index contributed by atoms with van der Waals surface area (Å²) in [6.45, 7) is 6.09. The molecule has 112 valence electrons. The summed E-state index contributed by atoms with van der Waals surface area (Å²) in [6, 6.07) is 0. The van der Waals surface area contributed by atoms with E-state index in [4.69, 9.17) is 9.47 Å². The maximum Gasteiger partial charge on any atom is 0.0897 e. The Hall–Kier alpha value is -0.160. The molecule has 1 saturated heterocycles. The van der Waals surface area contributed by atoms with Gasteiger partial charge in [-0.15, -0.1) is 0 Å². The van der Waals surface area contributed by atoms with Crippen molar-refractivity contribution in [3.8, 4) is 0 Å². The smallest absolute Gasteiger partial charge is 0.0897 e. The molecule has 2 unspecified atom stereocenters. The summed E-state index contributed by atoms with van der Waals surface area (Å²) in [7, 11) is 0. The van der Waals surface area contributed by atoms with Crippen LogP contribution >= 0.6 is 0 Å². The number of ether oxygens (including phenoxy) is 2. The Morgan fingerprint density at radius 1 is 1.26 bits per heavy atom. The van der Waals surface area contributed by atoms with Crippen molar-refractivity contribution in [3.63, 3.8) is 0 Å². The van der Waals surface area contributed by atoms with E-state index in [1.54, 1.807) is 0 Å². The third kappa shape index (κ3) is 5.78. The molecular formula is C15H29NO3. The lowest BCUT2D eigenvalue weighted by Gasteiger charge is -2.27. The van der Waals surface area contributed by atoms with Crippen molar-refractivity contribution in [2.75, 3.05) is 32.9 Å². The molecule has 1 saturated carbocycles. The highest BCUT2D eigenvalue weighted by Crippen LogP contribution is 2.25. The molecule has 0 aromatic carbocycles. The van der Waals surface area contributed by atoms with Gasteiger partial charge in [0.15, 0.2) is 0 Å². The lowest BCUT2D eigenvalue weighted by Crippen LogP contribution is -2.35. The highest BCUT2D eigenvalue weighted by atomic mass is 16.5. The molecule has 0 amide bonds. The lowest BCUT2D eigenvalue weighted by atomic mass is 9.89. The van der Waals surface area contributed by atoms with Crippen LogP contribution in [0.1, 0.15) is 39.0 Å². The fraction of sp³-hybridized carbons (Fsp3) is 1.00. The lowest BCUT2D eigenvalue weighted by molar-refractivity contribution is -0.0279. The van der Waals surface area contributed by atoms with Crippen molar-refractivity contribution >= 4 is 0 Å². The SMILES string of the molecule is CC1CCC(OCC(O)CNCC2CCOC2)CC1. The van der Waals surface area contributed by atoms with Crippen LogP contribution in [0.25, 0.3) is 0 Å². The van der Waals surface area contributed by atoms with Gasteiger partial charge in [-0.25, -0.2) is 0 Å². The molecule has 2 fully saturated rings. The summed E-state index contributed by atoms with van der Waals surface area (Å²) < 4.78 is 11.1. The van der Waals surface area contributed by atoms with E-state index in [0.717, 1.165) is 44.9 Å². The molecule has 2 rings (SSSR count). The Morgan fingerprint density at radius 3 is 2.74 bits per heavy atom. The number of rotatable bonds is 7. The Kier molecular flexibility index (Phi) is 6.57. The second kappa shape index (κ2) is 8.20. The zero-order chi connectivity index (χ0) is 13.5. The number of nitrogens with one attached hydrogen (secondary N) is 1. The molecule has 4 nitrogen and oxygen atoms in total. The Morgan fingerprint density at radius 2 is 2.05 bits per heavy atom. The van der Waals surface area contributed by atoms with Gasteiger partial charge in [-0.3, -0.25) is 0 Å². The van der Waals surface area contributed by atoms with Crippen LogP contribution in [0.4, 0.5) is 0 Å². The van der Waals surface area contributed by atoms with Gasteiger partial charge in [-0.05, 0) is 43.9 Å². The minimum atomic E-state index is -0.387. The molecule has 0 spiro atoms. The summed E-state index contributed by atoms with van der Waals surface area (Å²) >= 11 is 0. The van der Waals surface area contributed by atoms with Crippen molar-refractivity contribution < 1.29 is 14.6 Å². The summed E-state index contributed by atoms with van der Waals surface area (Å²) in [5.41, 5.74) is 0. The van der Waals surface area contributed by atoms with Crippen LogP contribution in [-0.2, 0) is 9.47 Å². The minimum absolute atomic E-state index is 0.370. The van der Waals surface area contributed by atoms with Gasteiger partial charge in [0.1, 0.15) is 0 Å². The molecule has 1 aliphatic carbocycles. The number of hydrogen-bond acceptors (Lipinski definition) is 4. The normalized spacial score (nSPS) is 33.5. The molecule has 2 atom stereocenters. The maximum absolute atomic E-state index is 9.89. The summed E-state index contributed by atoms with van der Waals surface area (Å²) in [6.07, 6.45) is 5.96. The predicted molar refractivity (Wildman–Crippen MR) is 75.2 cm³/mol. The summed E-state index contributed by atoms with van der Waals surface area (Å²) in [5, 5.41) is 13.2. The largest absolute Gasteiger partial charge is 0.389 e. The van der Waals surface area contributed by atoms with Crippen LogP contribution < -0.4 is 5.32 Å². The Balaban J connectivity index is 1.48. The number of hydrogen-bond donors (Lipinski definition) is 2. The predicted octanol–water partition coefficient (Wildman–Crippen LogP) is 1.57. The molecule has 0 radical (unpaired) electrons. The van der Waals surface area contributed by atoms with Crippen LogP contribution in [0.3, 0.4) is 0 Å². The van der Waals surface area contributed by atoms with Crippen LogP contribution in [0.2, 0.25) is 0 Å². The van der Waals surface area contributed by atoms with Gasteiger partial charge in [-0.2, -0.15) is 0 Å². The highest BCUT2D eigenvalue weighted by Gasteiger charge is 2.20. The summed E-state index contributed by atoms with van der Waals surface area (Å²) in [4.78, 5) is 0. The molecule has 2 N–H and O–H groups in total. The Labute approximate surface area is 116 Å². The molecule has 4 heteroatoms. The second-order valence-corrected chi connectivity index (χ2v) is 6.26. The van der Waals surface area contributed by atoms with E-state index in [0.29, 0.717) is 25.2 Å². The van der Waals surface area contributed by atoms with Crippen molar-refractivity contribution in [1.82, 2.24) is 5.32 Å². The molecule has 19 heavy (non-hydrogen) atoms. The molecular weight excluding hydrogens is 242 g/mol. The van der Waals surface area contributed by atoms with Crippen LogP contribution in [0, 0.1) is 11.8 Å². The first-order valence-electron chi connectivity index (χ1n) is 7.82. The Bertz CT molecular complexity index is 236. The molecule has 0 bridgehead atoms. The van der Waals surface area contributed by atoms with Gasteiger partial charge in [0.05, 0.1) is 25.4 Å². The molecule has 1 heterocycles. The highest BCUT2D eigenvalue weighted by molar-refractivity contribution is 4.72. The topological polar surface area (TPSA) is 50.7 Å². The van der Waals surface area contributed by atoms with Gasteiger partial charge in [0, 0.05) is 19.7 Å². The van der Waals surface area contributed by atoms with Gasteiger partial charge in [0.25, 0.3) is 0 Å². The first-order chi connectivity index (χ1) is 9.24. The molecule has 0 aromatic rings. The second-order valence-electron chi connectivity index (χ2n) is 6.26. The van der Waals surface area contributed by atoms with Crippen LogP contribution in [0.15, 0.2) is 0 Å². The van der Waals surface area contributed by atoms with Gasteiger partial charge in [0.2, 0.25) is 0 Å². The van der Waals surface area contributed by atoms with Crippen LogP contribution in [0.5, 0.6) is 0 Å². The summed E-state index contributed by atoms with van der Waals surface area (Å²) in [5.74, 6) is 1.47. The minimum Gasteiger partial charge on any atom is -0.389 e. The number of aliphatic hydroxyl groups is 1. The number of aliphatic hydroxyl groups excluding tert-OH is 1. The molecule has 0 aromatic heterocycles. The van der Waals surface area contributed by atoms with E-state index >= 15 is 0 Å². The third-order valence-corrected chi connectivity index (χ3v) is 4.32. The van der Waals surface area contributed by atoms with Crippen LogP contribution in [-0.4, -0.2) is 50.2 Å². The van der Waals surface area contributed by atoms with E-state index in [-0.39, 0.29) is 6.10 Å². The van der Waals surface area contributed by atoms with Gasteiger partial charge >= 0.3 is 0 Å². The zero-order valence-corrected chi connectivity index (χ0v) is 12.1. The van der Waals surface area contributed by atoms with E-state index in [2.05, 4.69) is 12.2 Å². The van der Waals surface area contributed by atoms with Crippen molar-refractivity contribution in [3.05, 3.63) is 0 Å². The van der Waals surface area contributed by atoms with E-state index in [1.165, 1.54) is 12.8 Å². The van der Waals surface area contributed by atoms with E-state index < -0.39 is 0 Å². The molecule has 2 aliphatic rings. The van der Waals surface area contributed by atoms with Crippen molar-refractivity contribution in [1.29, 1.82) is 0 Å². The van der Waals surface area contributed by atoms with Crippen molar-refractivity contribution in [2.24, 2.45) is 11.8 Å². The third-order valence-electron chi connectivity index (χ3n) is 4.32.